The second-order valence-electron chi connectivity index (χ2n) is 7.22. The number of ether oxygens (including phenoxy) is 1. The number of rotatable bonds is 3. The van der Waals surface area contributed by atoms with Crippen molar-refractivity contribution in [1.82, 2.24) is 19.9 Å². The summed E-state index contributed by atoms with van der Waals surface area (Å²) in [6.45, 7) is 3.61. The predicted octanol–water partition coefficient (Wildman–Crippen LogP) is 3.37. The Morgan fingerprint density at radius 2 is 1.84 bits per heavy atom. The molecule has 3 saturated heterocycles. The van der Waals surface area contributed by atoms with Gasteiger partial charge in [-0.25, -0.2) is 4.68 Å². The molecule has 0 radical (unpaired) electrons. The fourth-order valence-corrected chi connectivity index (χ4v) is 4.31. The Kier molecular flexibility index (Phi) is 3.48. The lowest BCUT2D eigenvalue weighted by Crippen LogP contribution is -2.48. The monoisotopic (exact) mass is 334 g/mol. The molecule has 5 nitrogen and oxygen atoms in total. The first-order chi connectivity index (χ1) is 12.3. The first kappa shape index (κ1) is 14.9. The van der Waals surface area contributed by atoms with E-state index in [9.17, 15) is 0 Å². The lowest BCUT2D eigenvalue weighted by atomic mass is 9.84. The number of aromatic nitrogens is 3. The summed E-state index contributed by atoms with van der Waals surface area (Å²) in [5, 5.41) is 11.3. The fraction of sp³-hybridized carbons (Fsp3) is 0.400. The molecule has 2 aromatic carbocycles. The summed E-state index contributed by atoms with van der Waals surface area (Å²) in [5.74, 6) is 1.64. The van der Waals surface area contributed by atoms with Crippen LogP contribution >= 0.6 is 0 Å². The SMILES string of the molecule is COc1ccc2cc(-c3cn(C4CN5CCC4CC5)nn3)ccc2c1. The van der Waals surface area contributed by atoms with Gasteiger partial charge >= 0.3 is 0 Å². The normalized spacial score (nSPS) is 25.4. The minimum Gasteiger partial charge on any atom is -0.497 e. The molecule has 1 aromatic heterocycles. The molecule has 0 spiro atoms. The van der Waals surface area contributed by atoms with Crippen molar-refractivity contribution in [2.24, 2.45) is 5.92 Å². The molecule has 25 heavy (non-hydrogen) atoms. The van der Waals surface area contributed by atoms with E-state index in [1.165, 1.54) is 36.7 Å². The molecule has 1 atom stereocenters. The molecule has 0 N–H and O–H groups in total. The van der Waals surface area contributed by atoms with Gasteiger partial charge in [0.25, 0.3) is 0 Å². The van der Waals surface area contributed by atoms with Crippen LogP contribution < -0.4 is 4.74 Å². The maximum absolute atomic E-state index is 5.30. The minimum absolute atomic E-state index is 0.480. The van der Waals surface area contributed by atoms with Crippen molar-refractivity contribution in [3.05, 3.63) is 42.6 Å². The highest BCUT2D eigenvalue weighted by molar-refractivity contribution is 5.87. The summed E-state index contributed by atoms with van der Waals surface area (Å²) in [7, 11) is 1.70. The molecular formula is C20H22N4O. The molecule has 5 heteroatoms. The van der Waals surface area contributed by atoms with E-state index in [0.29, 0.717) is 6.04 Å². The van der Waals surface area contributed by atoms with E-state index in [2.05, 4.69) is 56.4 Å². The van der Waals surface area contributed by atoms with Crippen LogP contribution in [0.3, 0.4) is 0 Å². The van der Waals surface area contributed by atoms with Crippen molar-refractivity contribution >= 4 is 10.8 Å². The highest BCUT2D eigenvalue weighted by Gasteiger charge is 2.35. The first-order valence-electron chi connectivity index (χ1n) is 9.02. The van der Waals surface area contributed by atoms with E-state index >= 15 is 0 Å². The minimum atomic E-state index is 0.480. The van der Waals surface area contributed by atoms with Gasteiger partial charge in [0.15, 0.2) is 0 Å². The van der Waals surface area contributed by atoms with E-state index < -0.39 is 0 Å². The van der Waals surface area contributed by atoms with Crippen LogP contribution in [0.25, 0.3) is 22.0 Å². The largest absolute Gasteiger partial charge is 0.497 e. The Balaban J connectivity index is 1.46. The fourth-order valence-electron chi connectivity index (χ4n) is 4.31. The zero-order valence-corrected chi connectivity index (χ0v) is 14.4. The lowest BCUT2D eigenvalue weighted by Gasteiger charge is -2.44. The quantitative estimate of drug-likeness (QED) is 0.736. The Morgan fingerprint density at radius 3 is 2.60 bits per heavy atom. The predicted molar refractivity (Wildman–Crippen MR) is 97.7 cm³/mol. The number of hydrogen-bond acceptors (Lipinski definition) is 4. The number of methoxy groups -OCH3 is 1. The molecule has 4 heterocycles. The molecule has 6 rings (SSSR count). The van der Waals surface area contributed by atoms with Gasteiger partial charge < -0.3 is 9.64 Å². The standard InChI is InChI=1S/C20H22N4O/c1-25-18-5-4-15-10-17(3-2-16(15)11-18)19-12-24(22-21-19)20-13-23-8-6-14(20)7-9-23/h2-5,10-12,14,20H,6-9,13H2,1H3. The zero-order valence-electron chi connectivity index (χ0n) is 14.4. The number of fused-ring (bicyclic) bond motifs is 4. The highest BCUT2D eigenvalue weighted by Crippen LogP contribution is 2.35. The van der Waals surface area contributed by atoms with Gasteiger partial charge in [-0.05, 0) is 60.8 Å². The van der Waals surface area contributed by atoms with Crippen LogP contribution in [-0.2, 0) is 0 Å². The zero-order chi connectivity index (χ0) is 16.8. The van der Waals surface area contributed by atoms with Gasteiger partial charge in [0, 0.05) is 12.1 Å². The molecule has 3 aliphatic heterocycles. The van der Waals surface area contributed by atoms with Crippen LogP contribution in [0.15, 0.2) is 42.6 Å². The van der Waals surface area contributed by atoms with Crippen LogP contribution in [0.5, 0.6) is 5.75 Å². The van der Waals surface area contributed by atoms with E-state index in [4.69, 9.17) is 4.74 Å². The van der Waals surface area contributed by atoms with Gasteiger partial charge in [-0.15, -0.1) is 5.10 Å². The Labute approximate surface area is 147 Å². The van der Waals surface area contributed by atoms with Gasteiger partial charge in [0.1, 0.15) is 11.4 Å². The average Bonchev–Trinajstić information content (AvgIpc) is 3.18. The number of benzene rings is 2. The topological polar surface area (TPSA) is 43.2 Å². The van der Waals surface area contributed by atoms with Crippen LogP contribution in [0.2, 0.25) is 0 Å². The van der Waals surface area contributed by atoms with Gasteiger partial charge in [-0.2, -0.15) is 0 Å². The van der Waals surface area contributed by atoms with E-state index in [-0.39, 0.29) is 0 Å². The van der Waals surface area contributed by atoms with Gasteiger partial charge in [-0.1, -0.05) is 23.4 Å². The molecule has 0 aliphatic carbocycles. The van der Waals surface area contributed by atoms with Crippen LogP contribution in [0.1, 0.15) is 18.9 Å². The summed E-state index contributed by atoms with van der Waals surface area (Å²) >= 11 is 0. The summed E-state index contributed by atoms with van der Waals surface area (Å²) in [4.78, 5) is 2.55. The second-order valence-corrected chi connectivity index (χ2v) is 7.22. The van der Waals surface area contributed by atoms with Crippen molar-refractivity contribution < 1.29 is 4.74 Å². The maximum atomic E-state index is 5.30. The average molecular weight is 334 g/mol. The van der Waals surface area contributed by atoms with Crippen molar-refractivity contribution in [2.75, 3.05) is 26.7 Å². The number of nitrogens with zero attached hydrogens (tertiary/aromatic N) is 4. The van der Waals surface area contributed by atoms with Gasteiger partial charge in [-0.3, -0.25) is 0 Å². The molecule has 3 aromatic rings. The Bertz CT molecular complexity index is 911. The smallest absolute Gasteiger partial charge is 0.119 e. The number of hydrogen-bond donors (Lipinski definition) is 0. The number of piperidine rings is 3. The van der Waals surface area contributed by atoms with Crippen LogP contribution in [0, 0.1) is 5.92 Å². The summed E-state index contributed by atoms with van der Waals surface area (Å²) in [5.41, 5.74) is 2.07. The van der Waals surface area contributed by atoms with Crippen LogP contribution in [-0.4, -0.2) is 46.6 Å². The van der Waals surface area contributed by atoms with Crippen molar-refractivity contribution in [1.29, 1.82) is 0 Å². The first-order valence-corrected chi connectivity index (χ1v) is 9.02. The van der Waals surface area contributed by atoms with E-state index in [0.717, 1.165) is 29.5 Å². The molecule has 128 valence electrons. The van der Waals surface area contributed by atoms with Crippen molar-refractivity contribution in [2.45, 2.75) is 18.9 Å². The van der Waals surface area contributed by atoms with Gasteiger partial charge in [0.05, 0.1) is 19.3 Å². The summed E-state index contributed by atoms with van der Waals surface area (Å²) in [6.07, 6.45) is 4.70. The summed E-state index contributed by atoms with van der Waals surface area (Å²) in [6, 6.07) is 13.1. The molecule has 0 saturated carbocycles. The molecule has 3 aliphatic rings. The molecule has 1 unspecified atom stereocenters. The third-order valence-corrected chi connectivity index (χ3v) is 5.81. The van der Waals surface area contributed by atoms with E-state index in [1.807, 2.05) is 6.07 Å². The Morgan fingerprint density at radius 1 is 1.04 bits per heavy atom. The van der Waals surface area contributed by atoms with Crippen LogP contribution in [0.4, 0.5) is 0 Å². The van der Waals surface area contributed by atoms with E-state index in [1.54, 1.807) is 7.11 Å². The van der Waals surface area contributed by atoms with Gasteiger partial charge in [0.2, 0.25) is 0 Å². The Hall–Kier alpha value is -2.40. The van der Waals surface area contributed by atoms with Crippen molar-refractivity contribution in [3.63, 3.8) is 0 Å². The highest BCUT2D eigenvalue weighted by atomic mass is 16.5. The second kappa shape index (κ2) is 5.85. The molecule has 2 bridgehead atoms. The third kappa shape index (κ3) is 2.59. The van der Waals surface area contributed by atoms with Crippen molar-refractivity contribution in [3.8, 4) is 17.0 Å². The maximum Gasteiger partial charge on any atom is 0.119 e. The molecule has 0 amide bonds. The molecular weight excluding hydrogens is 312 g/mol. The third-order valence-electron chi connectivity index (χ3n) is 5.81. The lowest BCUT2D eigenvalue weighted by molar-refractivity contribution is 0.0504. The summed E-state index contributed by atoms with van der Waals surface area (Å²) < 4.78 is 7.40. The molecule has 3 fully saturated rings.